The third-order valence-electron chi connectivity index (χ3n) is 6.71. The molecule has 0 unspecified atom stereocenters. The highest BCUT2D eigenvalue weighted by Crippen LogP contribution is 2.29. The van der Waals surface area contributed by atoms with Crippen LogP contribution in [0.2, 0.25) is 0 Å². The Hall–Kier alpha value is -4.86. The zero-order chi connectivity index (χ0) is 26.9. The number of ether oxygens (including phenoxy) is 1. The molecule has 0 radical (unpaired) electrons. The molecule has 1 heterocycles. The summed E-state index contributed by atoms with van der Waals surface area (Å²) in [6.07, 6.45) is 1.68. The van der Waals surface area contributed by atoms with Crippen molar-refractivity contribution in [1.29, 1.82) is 5.26 Å². The molecule has 1 aliphatic rings. The van der Waals surface area contributed by atoms with E-state index >= 15 is 0 Å². The van der Waals surface area contributed by atoms with Crippen molar-refractivity contribution in [2.75, 3.05) is 31.5 Å². The van der Waals surface area contributed by atoms with Crippen LogP contribution < -0.4 is 10.1 Å². The van der Waals surface area contributed by atoms with E-state index < -0.39 is 5.91 Å². The molecule has 5 rings (SSSR count). The summed E-state index contributed by atoms with van der Waals surface area (Å²) in [5, 5.41) is 12.5. The van der Waals surface area contributed by atoms with Crippen LogP contribution in [0.15, 0.2) is 127 Å². The number of hydrogen-bond acceptors (Lipinski definition) is 5. The summed E-state index contributed by atoms with van der Waals surface area (Å²) in [6.45, 7) is 3.07. The van der Waals surface area contributed by atoms with E-state index in [1.165, 1.54) is 11.1 Å². The predicted octanol–water partition coefficient (Wildman–Crippen LogP) is 6.23. The highest BCUT2D eigenvalue weighted by atomic mass is 16.5. The van der Waals surface area contributed by atoms with Gasteiger partial charge in [0.05, 0.1) is 6.04 Å². The topological polar surface area (TPSA) is 68.6 Å². The number of rotatable bonds is 8. The lowest BCUT2D eigenvalue weighted by Gasteiger charge is -2.39. The van der Waals surface area contributed by atoms with Gasteiger partial charge in [0.25, 0.3) is 5.91 Å². The molecule has 0 aromatic heterocycles. The number of nitrogens with zero attached hydrogens (tertiary/aromatic N) is 3. The van der Waals surface area contributed by atoms with Crippen molar-refractivity contribution < 1.29 is 9.53 Å². The standard InChI is InChI=1S/C33H30N4O2/c34-24-28(33(38)35-29-16-18-31(19-17-29)39-30-14-8-3-9-15-30)25-36-20-22-37(23-21-36)32(26-10-4-1-5-11-26)27-12-6-2-7-13-27/h1-19,25,32H,20-23H2,(H,35,38)/b28-25-. The summed E-state index contributed by atoms with van der Waals surface area (Å²) in [4.78, 5) is 17.4. The third-order valence-corrected chi connectivity index (χ3v) is 6.71. The molecule has 6 nitrogen and oxygen atoms in total. The van der Waals surface area contributed by atoms with E-state index in [1.54, 1.807) is 30.5 Å². The number of carbonyl (C=O) groups is 1. The Morgan fingerprint density at radius 1 is 0.744 bits per heavy atom. The molecular weight excluding hydrogens is 484 g/mol. The van der Waals surface area contributed by atoms with E-state index in [0.717, 1.165) is 31.9 Å². The van der Waals surface area contributed by atoms with Crippen LogP contribution in [-0.2, 0) is 4.79 Å². The van der Waals surface area contributed by atoms with Crippen LogP contribution in [0.3, 0.4) is 0 Å². The zero-order valence-electron chi connectivity index (χ0n) is 21.6. The Bertz CT molecular complexity index is 1380. The summed E-state index contributed by atoms with van der Waals surface area (Å²) in [5.74, 6) is 0.975. The molecule has 4 aromatic carbocycles. The molecule has 39 heavy (non-hydrogen) atoms. The maximum atomic E-state index is 12.9. The average Bonchev–Trinajstić information content (AvgIpc) is 2.99. The fourth-order valence-electron chi connectivity index (χ4n) is 4.76. The van der Waals surface area contributed by atoms with Crippen molar-refractivity contribution in [2.24, 2.45) is 0 Å². The van der Waals surface area contributed by atoms with Crippen molar-refractivity contribution >= 4 is 11.6 Å². The Morgan fingerprint density at radius 2 is 1.26 bits per heavy atom. The highest BCUT2D eigenvalue weighted by Gasteiger charge is 2.26. The lowest BCUT2D eigenvalue weighted by atomic mass is 9.96. The first-order chi connectivity index (χ1) is 19.2. The van der Waals surface area contributed by atoms with Gasteiger partial charge >= 0.3 is 0 Å². The van der Waals surface area contributed by atoms with Gasteiger partial charge in [-0.2, -0.15) is 5.26 Å². The second kappa shape index (κ2) is 12.6. The fraction of sp³-hybridized carbons (Fsp3) is 0.152. The van der Waals surface area contributed by atoms with Gasteiger partial charge in [-0.25, -0.2) is 0 Å². The van der Waals surface area contributed by atoms with Gasteiger partial charge in [-0.1, -0.05) is 78.9 Å². The number of nitriles is 1. The van der Waals surface area contributed by atoms with Crippen molar-refractivity contribution in [3.8, 4) is 17.6 Å². The quantitative estimate of drug-likeness (QED) is 0.223. The fourth-order valence-corrected chi connectivity index (χ4v) is 4.76. The lowest BCUT2D eigenvalue weighted by Crippen LogP contribution is -2.46. The molecule has 6 heteroatoms. The van der Waals surface area contributed by atoms with Crippen LogP contribution in [0.1, 0.15) is 17.2 Å². The molecular formula is C33H30N4O2. The molecule has 1 fully saturated rings. The van der Waals surface area contributed by atoms with Gasteiger partial charge < -0.3 is 15.0 Å². The number of piperazine rings is 1. The first-order valence-electron chi connectivity index (χ1n) is 13.0. The minimum atomic E-state index is -0.428. The molecule has 1 aliphatic heterocycles. The number of nitrogens with one attached hydrogen (secondary N) is 1. The van der Waals surface area contributed by atoms with E-state index in [1.807, 2.05) is 42.5 Å². The monoisotopic (exact) mass is 514 g/mol. The molecule has 0 aliphatic carbocycles. The molecule has 0 saturated carbocycles. The van der Waals surface area contributed by atoms with Crippen molar-refractivity contribution in [1.82, 2.24) is 9.80 Å². The molecule has 1 amide bonds. The number of hydrogen-bond donors (Lipinski definition) is 1. The second-order valence-electron chi connectivity index (χ2n) is 9.34. The molecule has 1 saturated heterocycles. The summed E-state index contributed by atoms with van der Waals surface area (Å²) in [7, 11) is 0. The summed E-state index contributed by atoms with van der Waals surface area (Å²) in [6, 6.07) is 39.9. The van der Waals surface area contributed by atoms with E-state index in [9.17, 15) is 10.1 Å². The molecule has 0 spiro atoms. The largest absolute Gasteiger partial charge is 0.457 e. The first-order valence-corrected chi connectivity index (χ1v) is 13.0. The maximum absolute atomic E-state index is 12.9. The highest BCUT2D eigenvalue weighted by molar-refractivity contribution is 6.06. The number of amides is 1. The minimum absolute atomic E-state index is 0.0794. The number of carbonyl (C=O) groups excluding carboxylic acids is 1. The second-order valence-corrected chi connectivity index (χ2v) is 9.34. The molecule has 0 atom stereocenters. The van der Waals surface area contributed by atoms with Crippen molar-refractivity contribution in [3.63, 3.8) is 0 Å². The number of benzene rings is 4. The van der Waals surface area contributed by atoms with E-state index in [-0.39, 0.29) is 11.6 Å². The number of para-hydroxylation sites is 1. The van der Waals surface area contributed by atoms with Crippen LogP contribution >= 0.6 is 0 Å². The van der Waals surface area contributed by atoms with Gasteiger partial charge in [0, 0.05) is 38.1 Å². The number of anilines is 1. The third kappa shape index (κ3) is 6.72. The summed E-state index contributed by atoms with van der Waals surface area (Å²) < 4.78 is 5.80. The minimum Gasteiger partial charge on any atom is -0.457 e. The maximum Gasteiger partial charge on any atom is 0.267 e. The Kier molecular flexibility index (Phi) is 8.32. The van der Waals surface area contributed by atoms with E-state index in [2.05, 4.69) is 69.7 Å². The molecule has 194 valence electrons. The summed E-state index contributed by atoms with van der Waals surface area (Å²) in [5.41, 5.74) is 3.19. The lowest BCUT2D eigenvalue weighted by molar-refractivity contribution is -0.112. The van der Waals surface area contributed by atoms with Gasteiger partial charge in [0.2, 0.25) is 0 Å². The SMILES string of the molecule is N#C/C(=C/N1CCN(C(c2ccccc2)c2ccccc2)CC1)C(=O)Nc1ccc(Oc2ccccc2)cc1. The normalized spacial score (nSPS) is 14.1. The van der Waals surface area contributed by atoms with Gasteiger partial charge in [-0.05, 0) is 47.5 Å². The predicted molar refractivity (Wildman–Crippen MR) is 153 cm³/mol. The van der Waals surface area contributed by atoms with E-state index in [0.29, 0.717) is 11.4 Å². The van der Waals surface area contributed by atoms with Gasteiger partial charge in [-0.3, -0.25) is 9.69 Å². The van der Waals surface area contributed by atoms with Crippen LogP contribution in [-0.4, -0.2) is 41.9 Å². The molecule has 0 bridgehead atoms. The van der Waals surface area contributed by atoms with Gasteiger partial charge in [0.15, 0.2) is 0 Å². The van der Waals surface area contributed by atoms with Crippen LogP contribution in [0.5, 0.6) is 11.5 Å². The average molecular weight is 515 g/mol. The Morgan fingerprint density at radius 3 is 1.79 bits per heavy atom. The van der Waals surface area contributed by atoms with Crippen molar-refractivity contribution in [3.05, 3.63) is 138 Å². The van der Waals surface area contributed by atoms with Crippen LogP contribution in [0.25, 0.3) is 0 Å². The van der Waals surface area contributed by atoms with Gasteiger partial charge in [0.1, 0.15) is 23.1 Å². The summed E-state index contributed by atoms with van der Waals surface area (Å²) >= 11 is 0. The first kappa shape index (κ1) is 25.8. The van der Waals surface area contributed by atoms with E-state index in [4.69, 9.17) is 4.74 Å². The van der Waals surface area contributed by atoms with Crippen molar-refractivity contribution in [2.45, 2.75) is 6.04 Å². The Balaban J connectivity index is 1.20. The zero-order valence-corrected chi connectivity index (χ0v) is 21.6. The molecule has 4 aromatic rings. The Labute approximate surface area is 229 Å². The smallest absolute Gasteiger partial charge is 0.267 e. The van der Waals surface area contributed by atoms with Gasteiger partial charge in [-0.15, -0.1) is 0 Å². The van der Waals surface area contributed by atoms with Crippen LogP contribution in [0, 0.1) is 11.3 Å². The molecule has 1 N–H and O–H groups in total. The van der Waals surface area contributed by atoms with Crippen LogP contribution in [0.4, 0.5) is 5.69 Å².